The summed E-state index contributed by atoms with van der Waals surface area (Å²) >= 11 is 3.58. The minimum atomic E-state index is -0.195. The Bertz CT molecular complexity index is 628. The molecule has 0 amide bonds. The highest BCUT2D eigenvalue weighted by Crippen LogP contribution is 2.60. The summed E-state index contributed by atoms with van der Waals surface area (Å²) in [5.41, 5.74) is 0.902. The van der Waals surface area contributed by atoms with Crippen LogP contribution >= 0.6 is 15.9 Å². The van der Waals surface area contributed by atoms with Crippen LogP contribution in [-0.4, -0.2) is 31.8 Å². The molecule has 1 aromatic rings. The van der Waals surface area contributed by atoms with Gasteiger partial charge in [0.15, 0.2) is 5.90 Å². The van der Waals surface area contributed by atoms with Gasteiger partial charge < -0.3 is 14.2 Å². The van der Waals surface area contributed by atoms with E-state index in [0.29, 0.717) is 32.1 Å². The monoisotopic (exact) mass is 365 g/mol. The van der Waals surface area contributed by atoms with Crippen LogP contribution in [0.1, 0.15) is 31.7 Å². The van der Waals surface area contributed by atoms with Gasteiger partial charge in [-0.25, -0.2) is 0 Å². The van der Waals surface area contributed by atoms with Crippen LogP contribution in [0.4, 0.5) is 0 Å². The van der Waals surface area contributed by atoms with Crippen molar-refractivity contribution in [2.45, 2.75) is 37.7 Å². The van der Waals surface area contributed by atoms with E-state index in [2.05, 4.69) is 28.9 Å². The molecule has 0 saturated carbocycles. The molecule has 2 fully saturated rings. The van der Waals surface area contributed by atoms with E-state index in [0.717, 1.165) is 23.1 Å². The predicted octanol–water partition coefficient (Wildman–Crippen LogP) is 3.66. The maximum Gasteiger partial charge on any atom is 0.181 e. The maximum absolute atomic E-state index is 8.03. The number of ether oxygens (including phenoxy) is 3. The molecule has 2 atom stereocenters. The molecule has 4 rings (SSSR count). The first-order valence-corrected chi connectivity index (χ1v) is 8.65. The molecule has 118 valence electrons. The van der Waals surface area contributed by atoms with E-state index in [1.165, 1.54) is 5.56 Å². The first-order valence-electron chi connectivity index (χ1n) is 7.86. The third kappa shape index (κ3) is 1.75. The average Bonchev–Trinajstić information content (AvgIpc) is 2.82. The van der Waals surface area contributed by atoms with E-state index in [-0.39, 0.29) is 16.9 Å². The number of hydrogen-bond acceptors (Lipinski definition) is 4. The van der Waals surface area contributed by atoms with E-state index < -0.39 is 0 Å². The Balaban J connectivity index is 1.90. The molecular formula is C17H20BrNO3. The lowest BCUT2D eigenvalue weighted by Gasteiger charge is -2.59. The van der Waals surface area contributed by atoms with Crippen molar-refractivity contribution in [1.29, 1.82) is 5.41 Å². The van der Waals surface area contributed by atoms with Gasteiger partial charge in [-0.3, -0.25) is 5.41 Å². The molecule has 1 aromatic carbocycles. The topological polar surface area (TPSA) is 51.5 Å². The smallest absolute Gasteiger partial charge is 0.181 e. The molecule has 5 heteroatoms. The van der Waals surface area contributed by atoms with Gasteiger partial charge >= 0.3 is 0 Å². The largest absolute Gasteiger partial charge is 0.489 e. The third-order valence-corrected chi connectivity index (χ3v) is 6.01. The summed E-state index contributed by atoms with van der Waals surface area (Å²) in [6.45, 7) is 4.14. The number of halogens is 1. The van der Waals surface area contributed by atoms with Crippen molar-refractivity contribution in [3.05, 3.63) is 28.2 Å². The van der Waals surface area contributed by atoms with Gasteiger partial charge in [0.25, 0.3) is 0 Å². The van der Waals surface area contributed by atoms with Gasteiger partial charge in [0.2, 0.25) is 0 Å². The van der Waals surface area contributed by atoms with Crippen molar-refractivity contribution in [1.82, 2.24) is 0 Å². The Morgan fingerprint density at radius 3 is 2.73 bits per heavy atom. The second-order valence-electron chi connectivity index (χ2n) is 6.66. The average molecular weight is 366 g/mol. The molecular weight excluding hydrogens is 346 g/mol. The number of nitrogens with one attached hydrogen (secondary N) is 1. The van der Waals surface area contributed by atoms with Crippen LogP contribution in [0, 0.1) is 10.8 Å². The Morgan fingerprint density at radius 2 is 2.14 bits per heavy atom. The first-order chi connectivity index (χ1) is 10.6. The fourth-order valence-electron chi connectivity index (χ4n) is 4.28. The van der Waals surface area contributed by atoms with Crippen molar-refractivity contribution in [3.63, 3.8) is 0 Å². The summed E-state index contributed by atoms with van der Waals surface area (Å²) < 4.78 is 18.7. The highest BCUT2D eigenvalue weighted by atomic mass is 79.9. The lowest BCUT2D eigenvalue weighted by Crippen LogP contribution is -2.67. The first kappa shape index (κ1) is 14.5. The predicted molar refractivity (Wildman–Crippen MR) is 86.7 cm³/mol. The zero-order chi connectivity index (χ0) is 15.4. The summed E-state index contributed by atoms with van der Waals surface area (Å²) in [4.78, 5) is 0. The van der Waals surface area contributed by atoms with Crippen LogP contribution in [0.15, 0.2) is 22.7 Å². The van der Waals surface area contributed by atoms with Crippen LogP contribution in [0.2, 0.25) is 0 Å². The van der Waals surface area contributed by atoms with Crippen molar-refractivity contribution in [3.8, 4) is 5.75 Å². The van der Waals surface area contributed by atoms with E-state index in [1.54, 1.807) is 0 Å². The molecule has 2 spiro atoms. The van der Waals surface area contributed by atoms with Crippen LogP contribution in [-0.2, 0) is 14.9 Å². The van der Waals surface area contributed by atoms with Crippen LogP contribution in [0.25, 0.3) is 0 Å². The molecule has 22 heavy (non-hydrogen) atoms. The molecule has 3 heterocycles. The van der Waals surface area contributed by atoms with E-state index in [1.807, 2.05) is 12.1 Å². The van der Waals surface area contributed by atoms with E-state index in [4.69, 9.17) is 19.6 Å². The van der Waals surface area contributed by atoms with Crippen LogP contribution < -0.4 is 4.74 Å². The van der Waals surface area contributed by atoms with Crippen LogP contribution in [0.5, 0.6) is 5.75 Å². The molecule has 2 saturated heterocycles. The number of benzene rings is 1. The fraction of sp³-hybridized carbons (Fsp3) is 0.588. The highest BCUT2D eigenvalue weighted by molar-refractivity contribution is 9.10. The zero-order valence-corrected chi connectivity index (χ0v) is 14.2. The summed E-state index contributed by atoms with van der Waals surface area (Å²) in [6, 6.07) is 6.20. The maximum atomic E-state index is 8.03. The second-order valence-corrected chi connectivity index (χ2v) is 7.57. The van der Waals surface area contributed by atoms with Crippen LogP contribution in [0.3, 0.4) is 0 Å². The molecule has 1 N–H and O–H groups in total. The zero-order valence-electron chi connectivity index (χ0n) is 12.7. The van der Waals surface area contributed by atoms with Crippen molar-refractivity contribution in [2.75, 3.05) is 19.8 Å². The van der Waals surface area contributed by atoms with E-state index >= 15 is 0 Å². The minimum Gasteiger partial charge on any atom is -0.489 e. The summed E-state index contributed by atoms with van der Waals surface area (Å²) in [7, 11) is 0. The second kappa shape index (κ2) is 4.96. The molecule has 0 bridgehead atoms. The summed E-state index contributed by atoms with van der Waals surface area (Å²) in [5, 5.41) is 8.03. The number of hydrogen-bond donors (Lipinski definition) is 1. The quantitative estimate of drug-likeness (QED) is 0.869. The normalized spacial score (nSPS) is 31.5. The molecule has 0 aromatic heterocycles. The Hall–Kier alpha value is -1.07. The number of fused-ring (bicyclic) bond motifs is 3. The lowest BCUT2D eigenvalue weighted by molar-refractivity contribution is -0.216. The molecule has 2 unspecified atom stereocenters. The standard InChI is InChI=1S/C17H20BrNO3/c1-2-3-14-17(8-20-9-17)16(7-15(19)21-10-16)12-6-11(18)4-5-13(12)22-14/h4-6,14,19H,2-3,7-10H2,1H3. The summed E-state index contributed by atoms with van der Waals surface area (Å²) in [5.74, 6) is 1.33. The third-order valence-electron chi connectivity index (χ3n) is 5.52. The Kier molecular flexibility index (Phi) is 3.28. The number of rotatable bonds is 2. The van der Waals surface area contributed by atoms with Gasteiger partial charge in [-0.15, -0.1) is 0 Å². The molecule has 0 radical (unpaired) electrons. The van der Waals surface area contributed by atoms with Gasteiger partial charge in [0, 0.05) is 16.5 Å². The van der Waals surface area contributed by atoms with Gasteiger partial charge in [-0.2, -0.15) is 0 Å². The molecule has 4 nitrogen and oxygen atoms in total. The fourth-order valence-corrected chi connectivity index (χ4v) is 4.64. The summed E-state index contributed by atoms with van der Waals surface area (Å²) in [6.07, 6.45) is 2.86. The lowest BCUT2D eigenvalue weighted by atomic mass is 9.53. The Morgan fingerprint density at radius 1 is 1.32 bits per heavy atom. The van der Waals surface area contributed by atoms with Gasteiger partial charge in [-0.1, -0.05) is 29.3 Å². The Labute approximate surface area is 138 Å². The molecule has 3 aliphatic rings. The van der Waals surface area contributed by atoms with E-state index in [9.17, 15) is 0 Å². The minimum absolute atomic E-state index is 0.0698. The van der Waals surface area contributed by atoms with Crippen molar-refractivity contribution >= 4 is 21.8 Å². The molecule has 3 aliphatic heterocycles. The SMILES string of the molecule is CCCC1Oc2ccc(Br)cc2C2(COC(=N)C2)C12COC2. The van der Waals surface area contributed by atoms with Gasteiger partial charge in [-0.05, 0) is 24.6 Å². The van der Waals surface area contributed by atoms with Gasteiger partial charge in [0.1, 0.15) is 18.5 Å². The highest BCUT2D eigenvalue weighted by Gasteiger charge is 2.67. The van der Waals surface area contributed by atoms with Crippen molar-refractivity contribution < 1.29 is 14.2 Å². The molecule has 0 aliphatic carbocycles. The van der Waals surface area contributed by atoms with Gasteiger partial charge in [0.05, 0.1) is 24.0 Å². The van der Waals surface area contributed by atoms with Crippen molar-refractivity contribution in [2.24, 2.45) is 5.41 Å².